The fraction of sp³-hybridized carbons (Fsp3) is 0.750. The number of thiazole rings is 1. The number of aromatic nitrogens is 1. The van der Waals surface area contributed by atoms with E-state index in [-0.39, 0.29) is 6.04 Å². The van der Waals surface area contributed by atoms with Gasteiger partial charge in [-0.25, -0.2) is 4.98 Å². The average Bonchev–Trinajstić information content (AvgIpc) is 3.04. The molecule has 1 heterocycles. The lowest BCUT2D eigenvalue weighted by molar-refractivity contribution is 0.139. The van der Waals surface area contributed by atoms with Crippen LogP contribution < -0.4 is 5.73 Å². The molecule has 2 rings (SSSR count). The summed E-state index contributed by atoms with van der Waals surface area (Å²) < 4.78 is 5.15. The zero-order chi connectivity index (χ0) is 12.3. The van der Waals surface area contributed by atoms with E-state index in [1.165, 1.54) is 12.8 Å². The first kappa shape index (κ1) is 13.0. The van der Waals surface area contributed by atoms with Gasteiger partial charge in [-0.05, 0) is 19.8 Å². The molecule has 4 nitrogen and oxygen atoms in total. The topological polar surface area (TPSA) is 51.4 Å². The number of nitrogens with zero attached hydrogens (tertiary/aromatic N) is 2. The van der Waals surface area contributed by atoms with E-state index in [9.17, 15) is 0 Å². The van der Waals surface area contributed by atoms with Crippen molar-refractivity contribution in [2.24, 2.45) is 5.73 Å². The third-order valence-corrected chi connectivity index (χ3v) is 4.06. The minimum absolute atomic E-state index is 0.0436. The summed E-state index contributed by atoms with van der Waals surface area (Å²) in [4.78, 5) is 7.04. The molecule has 0 bridgehead atoms. The minimum atomic E-state index is 0.0436. The molecule has 1 aliphatic carbocycles. The van der Waals surface area contributed by atoms with E-state index in [1.807, 2.05) is 6.92 Å². The highest BCUT2D eigenvalue weighted by molar-refractivity contribution is 7.09. The van der Waals surface area contributed by atoms with Crippen LogP contribution in [0.3, 0.4) is 0 Å². The fourth-order valence-electron chi connectivity index (χ4n) is 1.85. The Bertz CT molecular complexity index is 349. The number of rotatable bonds is 7. The molecule has 0 radical (unpaired) electrons. The average molecular weight is 255 g/mol. The van der Waals surface area contributed by atoms with E-state index in [1.54, 1.807) is 18.4 Å². The van der Waals surface area contributed by atoms with Crippen molar-refractivity contribution in [1.29, 1.82) is 0 Å². The molecule has 0 saturated heterocycles. The van der Waals surface area contributed by atoms with E-state index in [2.05, 4.69) is 15.3 Å². The van der Waals surface area contributed by atoms with Crippen molar-refractivity contribution in [2.75, 3.05) is 20.3 Å². The van der Waals surface area contributed by atoms with Gasteiger partial charge >= 0.3 is 0 Å². The zero-order valence-electron chi connectivity index (χ0n) is 10.6. The molecule has 0 aromatic carbocycles. The van der Waals surface area contributed by atoms with E-state index < -0.39 is 0 Å². The van der Waals surface area contributed by atoms with E-state index >= 15 is 0 Å². The fourth-order valence-corrected chi connectivity index (χ4v) is 2.62. The Morgan fingerprint density at radius 1 is 1.65 bits per heavy atom. The van der Waals surface area contributed by atoms with Gasteiger partial charge in [-0.1, -0.05) is 0 Å². The minimum Gasteiger partial charge on any atom is -0.383 e. The molecule has 5 heteroatoms. The molecule has 2 N–H and O–H groups in total. The summed E-state index contributed by atoms with van der Waals surface area (Å²) in [6, 6.07) is 0.785. The molecular formula is C12H21N3OS. The molecule has 0 amide bonds. The van der Waals surface area contributed by atoms with Gasteiger partial charge in [0.15, 0.2) is 0 Å². The van der Waals surface area contributed by atoms with Crippen LogP contribution in [0, 0.1) is 0 Å². The second-order valence-corrected chi connectivity index (χ2v) is 5.55. The van der Waals surface area contributed by atoms with E-state index in [0.717, 1.165) is 36.4 Å². The highest BCUT2D eigenvalue weighted by Crippen LogP contribution is 2.28. The van der Waals surface area contributed by atoms with Gasteiger partial charge in [0.2, 0.25) is 0 Å². The first-order valence-corrected chi connectivity index (χ1v) is 7.01. The molecule has 96 valence electrons. The number of hydrogen-bond donors (Lipinski definition) is 1. The highest BCUT2D eigenvalue weighted by Gasteiger charge is 2.29. The Hall–Kier alpha value is -0.490. The van der Waals surface area contributed by atoms with Gasteiger partial charge in [0.1, 0.15) is 5.01 Å². The van der Waals surface area contributed by atoms with E-state index in [4.69, 9.17) is 10.5 Å². The smallest absolute Gasteiger partial charge is 0.109 e. The normalized spacial score (nSPS) is 17.6. The van der Waals surface area contributed by atoms with Crippen LogP contribution in [0.1, 0.15) is 36.5 Å². The van der Waals surface area contributed by atoms with Gasteiger partial charge in [0, 0.05) is 31.6 Å². The quantitative estimate of drug-likeness (QED) is 0.807. The van der Waals surface area contributed by atoms with Crippen LogP contribution in [-0.4, -0.2) is 36.2 Å². The molecule has 1 fully saturated rings. The number of hydrogen-bond acceptors (Lipinski definition) is 5. The van der Waals surface area contributed by atoms with E-state index in [0.29, 0.717) is 0 Å². The van der Waals surface area contributed by atoms with Crippen molar-refractivity contribution < 1.29 is 4.74 Å². The van der Waals surface area contributed by atoms with Crippen molar-refractivity contribution >= 4 is 11.3 Å². The Balaban J connectivity index is 1.91. The summed E-state index contributed by atoms with van der Waals surface area (Å²) in [5.41, 5.74) is 6.97. The van der Waals surface area contributed by atoms with Crippen LogP contribution in [0.5, 0.6) is 0 Å². The highest BCUT2D eigenvalue weighted by atomic mass is 32.1. The standard InChI is InChI=1S/C12H21N3OS/c1-9(13)12-14-10(8-17-12)7-15(5-6-16-2)11-3-4-11/h8-9,11H,3-7,13H2,1-2H3. The Labute approximate surface area is 107 Å². The van der Waals surface area contributed by atoms with Gasteiger partial charge in [0.25, 0.3) is 0 Å². The summed E-state index contributed by atoms with van der Waals surface area (Å²) in [7, 11) is 1.75. The molecule has 1 saturated carbocycles. The van der Waals surface area contributed by atoms with Gasteiger partial charge in [-0.2, -0.15) is 0 Å². The van der Waals surface area contributed by atoms with Crippen molar-refractivity contribution in [1.82, 2.24) is 9.88 Å². The van der Waals surface area contributed by atoms with Crippen LogP contribution in [-0.2, 0) is 11.3 Å². The Morgan fingerprint density at radius 2 is 2.41 bits per heavy atom. The summed E-state index contributed by atoms with van der Waals surface area (Å²) in [6.07, 6.45) is 2.63. The molecule has 1 aromatic heterocycles. The zero-order valence-corrected chi connectivity index (χ0v) is 11.4. The van der Waals surface area contributed by atoms with Crippen LogP contribution in [0.15, 0.2) is 5.38 Å². The van der Waals surface area contributed by atoms with Gasteiger partial charge in [-0.15, -0.1) is 11.3 Å². The monoisotopic (exact) mass is 255 g/mol. The van der Waals surface area contributed by atoms with Gasteiger partial charge < -0.3 is 10.5 Å². The lowest BCUT2D eigenvalue weighted by atomic mass is 10.3. The molecule has 17 heavy (non-hydrogen) atoms. The number of ether oxygens (including phenoxy) is 1. The molecular weight excluding hydrogens is 234 g/mol. The van der Waals surface area contributed by atoms with Gasteiger partial charge in [-0.3, -0.25) is 4.90 Å². The summed E-state index contributed by atoms with van der Waals surface area (Å²) in [6.45, 7) is 4.69. The largest absolute Gasteiger partial charge is 0.383 e. The van der Waals surface area contributed by atoms with Crippen molar-refractivity contribution in [3.63, 3.8) is 0 Å². The van der Waals surface area contributed by atoms with Crippen LogP contribution in [0.25, 0.3) is 0 Å². The molecule has 1 unspecified atom stereocenters. The molecule has 0 spiro atoms. The summed E-state index contributed by atoms with van der Waals surface area (Å²) in [5, 5.41) is 3.16. The van der Waals surface area contributed by atoms with Crippen LogP contribution in [0.4, 0.5) is 0 Å². The lowest BCUT2D eigenvalue weighted by Crippen LogP contribution is -2.29. The number of nitrogens with two attached hydrogens (primary N) is 1. The second-order valence-electron chi connectivity index (χ2n) is 4.66. The number of methoxy groups -OCH3 is 1. The molecule has 1 aromatic rings. The third kappa shape index (κ3) is 3.74. The molecule has 1 aliphatic rings. The molecule has 1 atom stereocenters. The van der Waals surface area contributed by atoms with Crippen LogP contribution >= 0.6 is 11.3 Å². The summed E-state index contributed by atoms with van der Waals surface area (Å²) >= 11 is 1.66. The van der Waals surface area contributed by atoms with Gasteiger partial charge in [0.05, 0.1) is 18.3 Å². The van der Waals surface area contributed by atoms with Crippen molar-refractivity contribution in [3.8, 4) is 0 Å². The molecule has 0 aliphatic heterocycles. The van der Waals surface area contributed by atoms with Crippen molar-refractivity contribution in [3.05, 3.63) is 16.1 Å². The first-order valence-electron chi connectivity index (χ1n) is 6.13. The lowest BCUT2D eigenvalue weighted by Gasteiger charge is -2.20. The maximum atomic E-state index is 5.82. The second kappa shape index (κ2) is 5.91. The maximum absolute atomic E-state index is 5.82. The predicted octanol–water partition coefficient (Wildman–Crippen LogP) is 1.77. The third-order valence-electron chi connectivity index (χ3n) is 2.97. The maximum Gasteiger partial charge on any atom is 0.109 e. The SMILES string of the molecule is COCCN(Cc1csc(C(C)N)n1)C1CC1. The Kier molecular flexibility index (Phi) is 4.50. The van der Waals surface area contributed by atoms with Crippen LogP contribution in [0.2, 0.25) is 0 Å². The summed E-state index contributed by atoms with van der Waals surface area (Å²) in [5.74, 6) is 0. The Morgan fingerprint density at radius 3 is 2.94 bits per heavy atom. The predicted molar refractivity (Wildman–Crippen MR) is 70.0 cm³/mol. The first-order chi connectivity index (χ1) is 8.20. The van der Waals surface area contributed by atoms with Crippen molar-refractivity contribution in [2.45, 2.75) is 38.4 Å².